The average molecular weight is 346 g/mol. The zero-order chi connectivity index (χ0) is 16.9. The fraction of sp³-hybridized carbons (Fsp3) is 0.375. The minimum Gasteiger partial charge on any atom is -0.468 e. The zero-order valence-corrected chi connectivity index (χ0v) is 14.1. The number of thioether (sulfide) groups is 1. The van der Waals surface area contributed by atoms with Crippen molar-refractivity contribution in [3.05, 3.63) is 36.2 Å². The molecule has 1 N–H and O–H groups in total. The number of para-hydroxylation sites is 1. The van der Waals surface area contributed by atoms with Crippen molar-refractivity contribution in [2.24, 2.45) is 0 Å². The summed E-state index contributed by atoms with van der Waals surface area (Å²) < 4.78 is 6.33. The van der Waals surface area contributed by atoms with Gasteiger partial charge in [0.15, 0.2) is 0 Å². The molecule has 0 spiro atoms. The molecule has 0 atom stereocenters. The molecule has 0 aliphatic heterocycles. The topological polar surface area (TPSA) is 86.1 Å². The van der Waals surface area contributed by atoms with Gasteiger partial charge in [-0.15, -0.1) is 5.10 Å². The van der Waals surface area contributed by atoms with E-state index in [0.717, 1.165) is 24.4 Å². The van der Waals surface area contributed by atoms with E-state index < -0.39 is 5.97 Å². The SMILES string of the molecule is COC(=O)CNC(=O)CSc1nc(C2CC2)n(-c2ccccc2)n1. The van der Waals surface area contributed by atoms with Gasteiger partial charge in [0, 0.05) is 5.92 Å². The minimum absolute atomic E-state index is 0.130. The van der Waals surface area contributed by atoms with Gasteiger partial charge in [-0.2, -0.15) is 0 Å². The molecule has 3 rings (SSSR count). The van der Waals surface area contributed by atoms with Crippen LogP contribution in [0.3, 0.4) is 0 Å². The third-order valence-corrected chi connectivity index (χ3v) is 4.38. The highest BCUT2D eigenvalue weighted by Gasteiger charge is 2.30. The molecule has 1 aromatic carbocycles. The van der Waals surface area contributed by atoms with Crippen molar-refractivity contribution < 1.29 is 14.3 Å². The third kappa shape index (κ3) is 4.14. The van der Waals surface area contributed by atoms with Gasteiger partial charge in [0.05, 0.1) is 18.6 Å². The van der Waals surface area contributed by atoms with Gasteiger partial charge < -0.3 is 10.1 Å². The van der Waals surface area contributed by atoms with Crippen LogP contribution in [0.1, 0.15) is 24.6 Å². The molecule has 2 aromatic rings. The highest BCUT2D eigenvalue weighted by Crippen LogP contribution is 2.40. The summed E-state index contributed by atoms with van der Waals surface area (Å²) in [5.41, 5.74) is 0.967. The van der Waals surface area contributed by atoms with E-state index in [0.29, 0.717) is 11.1 Å². The predicted molar refractivity (Wildman–Crippen MR) is 89.1 cm³/mol. The number of aromatic nitrogens is 3. The molecule has 8 heteroatoms. The van der Waals surface area contributed by atoms with Crippen molar-refractivity contribution in [3.8, 4) is 5.69 Å². The van der Waals surface area contributed by atoms with E-state index >= 15 is 0 Å². The van der Waals surface area contributed by atoms with Gasteiger partial charge in [-0.05, 0) is 25.0 Å². The van der Waals surface area contributed by atoms with Crippen LogP contribution in [0.4, 0.5) is 0 Å². The van der Waals surface area contributed by atoms with Crippen molar-refractivity contribution in [2.45, 2.75) is 23.9 Å². The van der Waals surface area contributed by atoms with Crippen molar-refractivity contribution in [2.75, 3.05) is 19.4 Å². The number of nitrogens with one attached hydrogen (secondary N) is 1. The van der Waals surface area contributed by atoms with E-state index in [-0.39, 0.29) is 18.2 Å². The second-order valence-corrected chi connectivity index (χ2v) is 6.36. The summed E-state index contributed by atoms with van der Waals surface area (Å²) in [6.07, 6.45) is 2.24. The Morgan fingerprint density at radius 3 is 2.75 bits per heavy atom. The lowest BCUT2D eigenvalue weighted by Gasteiger charge is -2.03. The number of carbonyl (C=O) groups is 2. The van der Waals surface area contributed by atoms with Crippen LogP contribution >= 0.6 is 11.8 Å². The summed E-state index contributed by atoms with van der Waals surface area (Å²) in [5.74, 6) is 0.809. The lowest BCUT2D eigenvalue weighted by Crippen LogP contribution is -2.31. The number of nitrogens with zero attached hydrogens (tertiary/aromatic N) is 3. The summed E-state index contributed by atoms with van der Waals surface area (Å²) in [7, 11) is 1.28. The lowest BCUT2D eigenvalue weighted by molar-refractivity contribution is -0.140. The molecule has 1 fully saturated rings. The quantitative estimate of drug-likeness (QED) is 0.604. The van der Waals surface area contributed by atoms with Crippen molar-refractivity contribution in [3.63, 3.8) is 0 Å². The lowest BCUT2D eigenvalue weighted by atomic mass is 10.3. The van der Waals surface area contributed by atoms with Crippen molar-refractivity contribution in [1.82, 2.24) is 20.1 Å². The van der Waals surface area contributed by atoms with Crippen LogP contribution in [-0.4, -0.2) is 46.0 Å². The molecule has 1 saturated carbocycles. The van der Waals surface area contributed by atoms with Gasteiger partial charge in [0.1, 0.15) is 12.4 Å². The standard InChI is InChI=1S/C16H18N4O3S/c1-23-14(22)9-17-13(21)10-24-16-18-15(11-7-8-11)20(19-16)12-5-3-2-4-6-12/h2-6,11H,7-10H2,1H3,(H,17,21). The van der Waals surface area contributed by atoms with Gasteiger partial charge >= 0.3 is 5.97 Å². The Morgan fingerprint density at radius 1 is 1.33 bits per heavy atom. The summed E-state index contributed by atoms with van der Waals surface area (Å²) in [4.78, 5) is 27.3. The first-order valence-corrected chi connectivity index (χ1v) is 8.64. The van der Waals surface area contributed by atoms with E-state index in [1.54, 1.807) is 0 Å². The zero-order valence-electron chi connectivity index (χ0n) is 13.3. The van der Waals surface area contributed by atoms with Crippen molar-refractivity contribution in [1.29, 1.82) is 0 Å². The maximum atomic E-state index is 11.7. The van der Waals surface area contributed by atoms with E-state index in [2.05, 4.69) is 20.1 Å². The first-order chi connectivity index (χ1) is 11.7. The molecule has 1 aliphatic rings. The number of ether oxygens (including phenoxy) is 1. The highest BCUT2D eigenvalue weighted by molar-refractivity contribution is 7.99. The Balaban J connectivity index is 1.64. The van der Waals surface area contributed by atoms with Gasteiger partial charge in [-0.1, -0.05) is 30.0 Å². The number of amides is 1. The predicted octanol–water partition coefficient (Wildman–Crippen LogP) is 1.53. The molecular formula is C16H18N4O3S. The van der Waals surface area contributed by atoms with E-state index in [9.17, 15) is 9.59 Å². The Bertz CT molecular complexity index is 728. The Labute approximate surface area is 143 Å². The van der Waals surface area contributed by atoms with Crippen LogP contribution in [0.15, 0.2) is 35.5 Å². The van der Waals surface area contributed by atoms with Gasteiger partial charge in [-0.25, -0.2) is 9.67 Å². The van der Waals surface area contributed by atoms with E-state index in [4.69, 9.17) is 0 Å². The maximum absolute atomic E-state index is 11.7. The molecule has 1 heterocycles. The summed E-state index contributed by atoms with van der Waals surface area (Å²) in [5, 5.41) is 7.58. The summed E-state index contributed by atoms with van der Waals surface area (Å²) in [6.45, 7) is -0.130. The molecule has 1 aromatic heterocycles. The first-order valence-electron chi connectivity index (χ1n) is 7.66. The third-order valence-electron chi connectivity index (χ3n) is 3.55. The Hall–Kier alpha value is -2.35. The largest absolute Gasteiger partial charge is 0.468 e. The number of rotatable bonds is 7. The fourth-order valence-electron chi connectivity index (χ4n) is 2.15. The van der Waals surface area contributed by atoms with E-state index in [1.165, 1.54) is 18.9 Å². The molecule has 0 radical (unpaired) electrons. The molecule has 0 saturated heterocycles. The molecule has 1 amide bonds. The Morgan fingerprint density at radius 2 is 2.08 bits per heavy atom. The van der Waals surface area contributed by atoms with Crippen LogP contribution in [0, 0.1) is 0 Å². The molecule has 7 nitrogen and oxygen atoms in total. The minimum atomic E-state index is -0.476. The number of hydrogen-bond acceptors (Lipinski definition) is 6. The van der Waals surface area contributed by atoms with Gasteiger partial charge in [0.2, 0.25) is 11.1 Å². The van der Waals surface area contributed by atoms with Crippen molar-refractivity contribution >= 4 is 23.6 Å². The molecular weight excluding hydrogens is 328 g/mol. The first kappa shape index (κ1) is 16.5. The summed E-state index contributed by atoms with van der Waals surface area (Å²) in [6, 6.07) is 9.84. The number of hydrogen-bond donors (Lipinski definition) is 1. The Kier molecular flexibility index (Phi) is 5.14. The van der Waals surface area contributed by atoms with Crippen LogP contribution in [-0.2, 0) is 14.3 Å². The van der Waals surface area contributed by atoms with Crippen LogP contribution in [0.5, 0.6) is 0 Å². The maximum Gasteiger partial charge on any atom is 0.325 e. The molecule has 24 heavy (non-hydrogen) atoms. The monoisotopic (exact) mass is 346 g/mol. The molecule has 1 aliphatic carbocycles. The molecule has 0 unspecified atom stereocenters. The van der Waals surface area contributed by atoms with Crippen LogP contribution in [0.2, 0.25) is 0 Å². The highest BCUT2D eigenvalue weighted by atomic mass is 32.2. The number of carbonyl (C=O) groups excluding carboxylic acids is 2. The van der Waals surface area contributed by atoms with Gasteiger partial charge in [-0.3, -0.25) is 9.59 Å². The average Bonchev–Trinajstić information content (AvgIpc) is 3.38. The van der Waals surface area contributed by atoms with Crippen LogP contribution < -0.4 is 5.32 Å². The normalized spacial score (nSPS) is 13.5. The number of benzene rings is 1. The fourth-order valence-corrected chi connectivity index (χ4v) is 2.81. The number of methoxy groups -OCH3 is 1. The second kappa shape index (κ2) is 7.48. The second-order valence-electron chi connectivity index (χ2n) is 5.42. The van der Waals surface area contributed by atoms with Gasteiger partial charge in [0.25, 0.3) is 0 Å². The number of esters is 1. The summed E-state index contributed by atoms with van der Waals surface area (Å²) >= 11 is 1.26. The van der Waals surface area contributed by atoms with Crippen LogP contribution in [0.25, 0.3) is 5.69 Å². The van der Waals surface area contributed by atoms with E-state index in [1.807, 2.05) is 35.0 Å². The smallest absolute Gasteiger partial charge is 0.325 e. The molecule has 0 bridgehead atoms. The molecule has 126 valence electrons.